The van der Waals surface area contributed by atoms with Crippen LogP contribution in [0.2, 0.25) is 5.02 Å². The summed E-state index contributed by atoms with van der Waals surface area (Å²) in [5, 5.41) is 7.97. The number of fused-ring (bicyclic) bond motifs is 1. The third-order valence-corrected chi connectivity index (χ3v) is 5.50. The zero-order chi connectivity index (χ0) is 25.7. The number of aromatic nitrogens is 4. The summed E-state index contributed by atoms with van der Waals surface area (Å²) in [5.74, 6) is -0.255. The molecule has 3 aromatic heterocycles. The molecule has 1 aromatic carbocycles. The molecule has 0 unspecified atom stereocenters. The highest BCUT2D eigenvalue weighted by atomic mass is 35.5. The number of pyridine rings is 2. The number of anilines is 1. The second-order valence-electron chi connectivity index (χ2n) is 7.72. The van der Waals surface area contributed by atoms with Gasteiger partial charge in [-0.3, -0.25) is 14.5 Å². The van der Waals surface area contributed by atoms with Crippen molar-refractivity contribution in [1.29, 1.82) is 0 Å². The summed E-state index contributed by atoms with van der Waals surface area (Å²) in [7, 11) is 0. The normalized spacial score (nSPS) is 10.9. The number of halogens is 3. The minimum absolute atomic E-state index is 0.135. The smallest absolute Gasteiger partial charge is 0.282 e. The standard InChI is InChI=1S/C23H21ClF2N6O.C2H6/c1-12-5-20(27)30-13(2)17(12)9-29-23(33)18-11-32(31-21(18)22(25)26)10-14-3-4-19-15(6-14)7-16(24)8-28-19;1-2/h3-8,11,22H,9-10H2,1-2H3,(H2,27,30)(H,29,33);1-2H3. The Morgan fingerprint density at radius 1 is 1.20 bits per heavy atom. The molecule has 7 nitrogen and oxygen atoms in total. The number of nitrogens with two attached hydrogens (primary N) is 1. The molecule has 35 heavy (non-hydrogen) atoms. The third kappa shape index (κ3) is 6.10. The molecule has 10 heteroatoms. The van der Waals surface area contributed by atoms with Crippen LogP contribution in [-0.4, -0.2) is 25.7 Å². The van der Waals surface area contributed by atoms with Gasteiger partial charge >= 0.3 is 0 Å². The molecular formula is C25H27ClF2N6O. The number of carbonyl (C=O) groups excluding carboxylic acids is 1. The quantitative estimate of drug-likeness (QED) is 0.358. The van der Waals surface area contributed by atoms with E-state index in [9.17, 15) is 13.6 Å². The maximum absolute atomic E-state index is 13.6. The Hall–Kier alpha value is -3.59. The summed E-state index contributed by atoms with van der Waals surface area (Å²) in [6, 6.07) is 8.97. The van der Waals surface area contributed by atoms with Crippen LogP contribution in [0.3, 0.4) is 0 Å². The topological polar surface area (TPSA) is 98.7 Å². The first-order valence-corrected chi connectivity index (χ1v) is 11.5. The average molecular weight is 501 g/mol. The molecule has 0 aliphatic heterocycles. The lowest BCUT2D eigenvalue weighted by molar-refractivity contribution is 0.0936. The van der Waals surface area contributed by atoms with E-state index < -0.39 is 18.0 Å². The highest BCUT2D eigenvalue weighted by Crippen LogP contribution is 2.23. The van der Waals surface area contributed by atoms with Crippen LogP contribution in [-0.2, 0) is 13.1 Å². The number of carbonyl (C=O) groups is 1. The molecule has 0 aliphatic carbocycles. The van der Waals surface area contributed by atoms with Gasteiger partial charge in [0.05, 0.1) is 22.6 Å². The SMILES string of the molecule is CC.Cc1cc(N)nc(C)c1CNC(=O)c1cn(Cc2ccc3ncc(Cl)cc3c2)nc1C(F)F. The minimum Gasteiger partial charge on any atom is -0.384 e. The molecule has 4 rings (SSSR count). The molecule has 0 radical (unpaired) electrons. The second-order valence-corrected chi connectivity index (χ2v) is 8.15. The number of rotatable bonds is 6. The van der Waals surface area contributed by atoms with Gasteiger partial charge in [0.2, 0.25) is 0 Å². The number of hydrogen-bond donors (Lipinski definition) is 2. The Morgan fingerprint density at radius 2 is 1.94 bits per heavy atom. The summed E-state index contributed by atoms with van der Waals surface area (Å²) < 4.78 is 28.6. The number of aryl methyl sites for hydroxylation is 2. The molecule has 0 saturated carbocycles. The van der Waals surface area contributed by atoms with E-state index in [2.05, 4.69) is 20.4 Å². The van der Waals surface area contributed by atoms with Gasteiger partial charge in [-0.25, -0.2) is 13.8 Å². The monoisotopic (exact) mass is 500 g/mol. The summed E-state index contributed by atoms with van der Waals surface area (Å²) in [5.41, 5.74) is 8.87. The van der Waals surface area contributed by atoms with Crippen molar-refractivity contribution in [3.63, 3.8) is 0 Å². The zero-order valence-electron chi connectivity index (χ0n) is 19.9. The number of alkyl halides is 2. The first-order valence-electron chi connectivity index (χ1n) is 11.1. The van der Waals surface area contributed by atoms with Crippen molar-refractivity contribution in [3.8, 4) is 0 Å². The molecule has 3 N–H and O–H groups in total. The number of nitrogens with one attached hydrogen (secondary N) is 1. The van der Waals surface area contributed by atoms with E-state index in [0.717, 1.165) is 27.6 Å². The first kappa shape index (κ1) is 26.0. The molecule has 4 aromatic rings. The Balaban J connectivity index is 0.00000167. The highest BCUT2D eigenvalue weighted by molar-refractivity contribution is 6.31. The lowest BCUT2D eigenvalue weighted by Gasteiger charge is -2.11. The van der Waals surface area contributed by atoms with Crippen LogP contribution in [0.15, 0.2) is 42.7 Å². The van der Waals surface area contributed by atoms with Gasteiger partial charge in [0.25, 0.3) is 12.3 Å². The predicted octanol–water partition coefficient (Wildman–Crippen LogP) is 5.62. The van der Waals surface area contributed by atoms with E-state index in [1.54, 1.807) is 25.3 Å². The number of amides is 1. The van der Waals surface area contributed by atoms with Gasteiger partial charge in [0, 0.05) is 30.0 Å². The van der Waals surface area contributed by atoms with E-state index in [1.165, 1.54) is 10.9 Å². The Labute approximate surface area is 207 Å². The van der Waals surface area contributed by atoms with E-state index >= 15 is 0 Å². The summed E-state index contributed by atoms with van der Waals surface area (Å²) in [6.07, 6.45) is -0.00773. The summed E-state index contributed by atoms with van der Waals surface area (Å²) in [4.78, 5) is 21.2. The first-order chi connectivity index (χ1) is 16.7. The fourth-order valence-electron chi connectivity index (χ4n) is 3.71. The number of nitrogen functional groups attached to an aromatic ring is 1. The van der Waals surface area contributed by atoms with Gasteiger partial charge in [0.15, 0.2) is 0 Å². The van der Waals surface area contributed by atoms with Crippen molar-refractivity contribution in [2.24, 2.45) is 0 Å². The van der Waals surface area contributed by atoms with Gasteiger partial charge in [-0.15, -0.1) is 0 Å². The van der Waals surface area contributed by atoms with Crippen LogP contribution in [0.1, 0.15) is 58.7 Å². The van der Waals surface area contributed by atoms with Gasteiger partial charge < -0.3 is 11.1 Å². The largest absolute Gasteiger partial charge is 0.384 e. The third-order valence-electron chi connectivity index (χ3n) is 5.30. The van der Waals surface area contributed by atoms with Gasteiger partial charge in [-0.1, -0.05) is 31.5 Å². The maximum atomic E-state index is 13.6. The van der Waals surface area contributed by atoms with Crippen molar-refractivity contribution in [2.45, 2.75) is 47.2 Å². The molecule has 0 bridgehead atoms. The molecule has 0 aliphatic rings. The maximum Gasteiger partial charge on any atom is 0.282 e. The van der Waals surface area contributed by atoms with E-state index in [1.807, 2.05) is 39.0 Å². The van der Waals surface area contributed by atoms with Crippen LogP contribution in [0, 0.1) is 13.8 Å². The summed E-state index contributed by atoms with van der Waals surface area (Å²) >= 11 is 6.01. The Kier molecular flexibility index (Phi) is 8.34. The zero-order valence-corrected chi connectivity index (χ0v) is 20.7. The van der Waals surface area contributed by atoms with Crippen molar-refractivity contribution in [2.75, 3.05) is 5.73 Å². The summed E-state index contributed by atoms with van der Waals surface area (Å²) in [6.45, 7) is 7.97. The predicted molar refractivity (Wildman–Crippen MR) is 134 cm³/mol. The van der Waals surface area contributed by atoms with Gasteiger partial charge in [-0.05, 0) is 54.8 Å². The molecule has 1 amide bonds. The Morgan fingerprint density at radius 3 is 2.63 bits per heavy atom. The number of nitrogens with zero attached hydrogens (tertiary/aromatic N) is 4. The second kappa shape index (κ2) is 11.2. The van der Waals surface area contributed by atoms with E-state index in [4.69, 9.17) is 17.3 Å². The molecule has 3 heterocycles. The molecule has 0 fully saturated rings. The van der Waals surface area contributed by atoms with E-state index in [-0.39, 0.29) is 18.7 Å². The number of benzene rings is 1. The van der Waals surface area contributed by atoms with Crippen LogP contribution in [0.5, 0.6) is 0 Å². The van der Waals surface area contributed by atoms with Crippen molar-refractivity contribution in [1.82, 2.24) is 25.1 Å². The molecular weight excluding hydrogens is 474 g/mol. The fraction of sp³-hybridized carbons (Fsp3) is 0.280. The highest BCUT2D eigenvalue weighted by Gasteiger charge is 2.23. The van der Waals surface area contributed by atoms with Crippen molar-refractivity contribution >= 4 is 34.2 Å². The van der Waals surface area contributed by atoms with Gasteiger partial charge in [-0.2, -0.15) is 5.10 Å². The van der Waals surface area contributed by atoms with Crippen LogP contribution >= 0.6 is 11.6 Å². The molecule has 0 saturated heterocycles. The lowest BCUT2D eigenvalue weighted by atomic mass is 10.1. The van der Waals surface area contributed by atoms with Crippen molar-refractivity contribution in [3.05, 3.63) is 81.4 Å². The lowest BCUT2D eigenvalue weighted by Crippen LogP contribution is -2.24. The van der Waals surface area contributed by atoms with Gasteiger partial charge in [0.1, 0.15) is 11.5 Å². The van der Waals surface area contributed by atoms with Crippen LogP contribution in [0.4, 0.5) is 14.6 Å². The van der Waals surface area contributed by atoms with Crippen LogP contribution < -0.4 is 11.1 Å². The average Bonchev–Trinajstić information content (AvgIpc) is 3.23. The fourth-order valence-corrected chi connectivity index (χ4v) is 3.88. The van der Waals surface area contributed by atoms with Crippen molar-refractivity contribution < 1.29 is 13.6 Å². The molecule has 0 spiro atoms. The Bertz CT molecular complexity index is 1330. The van der Waals surface area contributed by atoms with E-state index in [0.29, 0.717) is 16.5 Å². The van der Waals surface area contributed by atoms with Crippen LogP contribution in [0.25, 0.3) is 10.9 Å². The minimum atomic E-state index is -2.90. The molecule has 0 atom stereocenters. The number of hydrogen-bond acceptors (Lipinski definition) is 5. The molecule has 184 valence electrons.